The van der Waals surface area contributed by atoms with E-state index >= 15 is 0 Å². The summed E-state index contributed by atoms with van der Waals surface area (Å²) in [6, 6.07) is 0. The summed E-state index contributed by atoms with van der Waals surface area (Å²) in [5.74, 6) is 0. The van der Waals surface area contributed by atoms with E-state index in [2.05, 4.69) is 11.8 Å². The average Bonchev–Trinajstić information content (AvgIpc) is 1.90. The third-order valence-corrected chi connectivity index (χ3v) is 1.98. The van der Waals surface area contributed by atoms with Crippen LogP contribution in [-0.4, -0.2) is 30.6 Å². The van der Waals surface area contributed by atoms with Gasteiger partial charge in [0.05, 0.1) is 6.10 Å². The van der Waals surface area contributed by atoms with Crippen molar-refractivity contribution in [3.63, 3.8) is 0 Å². The zero-order valence-corrected chi connectivity index (χ0v) is 5.97. The number of piperidine rings is 1. The molecule has 1 heterocycles. The quantitative estimate of drug-likeness (QED) is 0.514. The standard InChI is InChI=1S/C7H14NO/c1-2-8-5-3-7(9)4-6-8/h7H,2-6H2,1H3. The lowest BCUT2D eigenvalue weighted by atomic mass is 10.1. The van der Waals surface area contributed by atoms with Crippen LogP contribution in [0, 0.1) is 0 Å². The summed E-state index contributed by atoms with van der Waals surface area (Å²) >= 11 is 0. The maximum absolute atomic E-state index is 10.8. The summed E-state index contributed by atoms with van der Waals surface area (Å²) in [7, 11) is 0. The van der Waals surface area contributed by atoms with Gasteiger partial charge in [-0.1, -0.05) is 6.92 Å². The number of nitrogens with zero attached hydrogens (tertiary/aromatic N) is 1. The van der Waals surface area contributed by atoms with Gasteiger partial charge in [0.1, 0.15) is 0 Å². The molecular formula is C7H14NO. The number of likely N-dealkylation sites (tertiary alicyclic amines) is 1. The van der Waals surface area contributed by atoms with E-state index in [1.54, 1.807) is 0 Å². The molecule has 1 radical (unpaired) electrons. The van der Waals surface area contributed by atoms with Crippen LogP contribution in [0.25, 0.3) is 0 Å². The van der Waals surface area contributed by atoms with Gasteiger partial charge < -0.3 is 4.90 Å². The lowest BCUT2D eigenvalue weighted by Crippen LogP contribution is -2.34. The Balaban J connectivity index is 2.18. The summed E-state index contributed by atoms with van der Waals surface area (Å²) in [5, 5.41) is 10.8. The topological polar surface area (TPSA) is 23.1 Å². The van der Waals surface area contributed by atoms with Crippen molar-refractivity contribution >= 4 is 0 Å². The van der Waals surface area contributed by atoms with Gasteiger partial charge in [-0.25, -0.2) is 5.11 Å². The minimum absolute atomic E-state index is 0.271. The Labute approximate surface area is 56.5 Å². The zero-order valence-electron chi connectivity index (χ0n) is 5.97. The fourth-order valence-electron chi connectivity index (χ4n) is 1.23. The Morgan fingerprint density at radius 1 is 1.44 bits per heavy atom. The molecule has 0 aromatic heterocycles. The first kappa shape index (κ1) is 7.03. The molecule has 0 bridgehead atoms. The van der Waals surface area contributed by atoms with Gasteiger partial charge in [-0.05, 0) is 19.4 Å². The van der Waals surface area contributed by atoms with E-state index < -0.39 is 0 Å². The molecule has 0 N–H and O–H groups in total. The van der Waals surface area contributed by atoms with Gasteiger partial charge >= 0.3 is 0 Å². The van der Waals surface area contributed by atoms with Crippen LogP contribution in [0.15, 0.2) is 0 Å². The first-order valence-corrected chi connectivity index (χ1v) is 3.71. The lowest BCUT2D eigenvalue weighted by molar-refractivity contribution is 0.0293. The molecule has 0 aromatic rings. The molecule has 0 spiro atoms. The van der Waals surface area contributed by atoms with Crippen molar-refractivity contribution in [3.05, 3.63) is 0 Å². The molecule has 0 aromatic carbocycles. The van der Waals surface area contributed by atoms with E-state index in [9.17, 15) is 5.11 Å². The largest absolute Gasteiger partial charge is 0.303 e. The molecule has 9 heavy (non-hydrogen) atoms. The second-order valence-corrected chi connectivity index (χ2v) is 2.63. The van der Waals surface area contributed by atoms with Gasteiger partial charge in [-0.15, -0.1) is 0 Å². The summed E-state index contributed by atoms with van der Waals surface area (Å²) in [6.45, 7) is 5.28. The minimum Gasteiger partial charge on any atom is -0.303 e. The van der Waals surface area contributed by atoms with Crippen molar-refractivity contribution in [2.75, 3.05) is 19.6 Å². The van der Waals surface area contributed by atoms with Crippen molar-refractivity contribution in [1.82, 2.24) is 4.90 Å². The summed E-state index contributed by atoms with van der Waals surface area (Å²) in [4.78, 5) is 2.33. The lowest BCUT2D eigenvalue weighted by Gasteiger charge is -2.26. The Kier molecular flexibility index (Phi) is 2.49. The second-order valence-electron chi connectivity index (χ2n) is 2.63. The molecule has 2 nitrogen and oxygen atoms in total. The van der Waals surface area contributed by atoms with Crippen molar-refractivity contribution in [3.8, 4) is 0 Å². The van der Waals surface area contributed by atoms with E-state index in [1.807, 2.05) is 0 Å². The second kappa shape index (κ2) is 3.18. The van der Waals surface area contributed by atoms with Gasteiger partial charge in [-0.3, -0.25) is 0 Å². The van der Waals surface area contributed by atoms with E-state index in [4.69, 9.17) is 0 Å². The highest BCUT2D eigenvalue weighted by molar-refractivity contribution is 4.68. The third kappa shape index (κ3) is 1.95. The van der Waals surface area contributed by atoms with Crippen molar-refractivity contribution < 1.29 is 5.11 Å². The smallest absolute Gasteiger partial charge is 0.0954 e. The van der Waals surface area contributed by atoms with Crippen LogP contribution in [0.2, 0.25) is 0 Å². The van der Waals surface area contributed by atoms with Crippen LogP contribution in [0.4, 0.5) is 0 Å². The van der Waals surface area contributed by atoms with Crippen molar-refractivity contribution in [2.24, 2.45) is 0 Å². The summed E-state index contributed by atoms with van der Waals surface area (Å²) in [5.41, 5.74) is 0. The van der Waals surface area contributed by atoms with Crippen molar-refractivity contribution in [2.45, 2.75) is 25.9 Å². The molecule has 1 saturated heterocycles. The average molecular weight is 128 g/mol. The zero-order chi connectivity index (χ0) is 6.69. The van der Waals surface area contributed by atoms with Gasteiger partial charge in [0, 0.05) is 13.1 Å². The molecule has 1 aliphatic rings. The number of rotatable bonds is 1. The number of hydrogen-bond donors (Lipinski definition) is 0. The van der Waals surface area contributed by atoms with Gasteiger partial charge in [0.25, 0.3) is 0 Å². The molecule has 0 aliphatic carbocycles. The molecule has 2 heteroatoms. The van der Waals surface area contributed by atoms with Crippen LogP contribution in [0.5, 0.6) is 0 Å². The minimum atomic E-state index is -0.271. The molecular weight excluding hydrogens is 114 g/mol. The first-order valence-electron chi connectivity index (χ1n) is 3.71. The molecule has 0 unspecified atom stereocenters. The monoisotopic (exact) mass is 128 g/mol. The highest BCUT2D eigenvalue weighted by Gasteiger charge is 2.15. The van der Waals surface area contributed by atoms with E-state index in [1.165, 1.54) is 0 Å². The van der Waals surface area contributed by atoms with Crippen LogP contribution in [0.1, 0.15) is 19.8 Å². The van der Waals surface area contributed by atoms with Gasteiger partial charge in [-0.2, -0.15) is 0 Å². The molecule has 0 saturated carbocycles. The highest BCUT2D eigenvalue weighted by atomic mass is 16.3. The summed E-state index contributed by atoms with van der Waals surface area (Å²) in [6.07, 6.45) is 1.44. The van der Waals surface area contributed by atoms with E-state index in [-0.39, 0.29) is 6.10 Å². The van der Waals surface area contributed by atoms with Crippen LogP contribution in [0.3, 0.4) is 0 Å². The highest BCUT2D eigenvalue weighted by Crippen LogP contribution is 2.08. The molecule has 1 fully saturated rings. The van der Waals surface area contributed by atoms with E-state index in [0.29, 0.717) is 0 Å². The molecule has 1 rings (SSSR count). The Bertz CT molecular complexity index is 77.0. The maximum atomic E-state index is 10.8. The summed E-state index contributed by atoms with van der Waals surface area (Å²) < 4.78 is 0. The predicted molar refractivity (Wildman–Crippen MR) is 35.8 cm³/mol. The van der Waals surface area contributed by atoms with E-state index in [0.717, 1.165) is 32.5 Å². The molecule has 0 amide bonds. The van der Waals surface area contributed by atoms with Crippen molar-refractivity contribution in [1.29, 1.82) is 0 Å². The van der Waals surface area contributed by atoms with Gasteiger partial charge in [0.15, 0.2) is 0 Å². The van der Waals surface area contributed by atoms with Crippen LogP contribution >= 0.6 is 0 Å². The Hall–Kier alpha value is -0.0800. The van der Waals surface area contributed by atoms with Gasteiger partial charge in [0.2, 0.25) is 0 Å². The third-order valence-electron chi connectivity index (χ3n) is 1.98. The predicted octanol–water partition coefficient (Wildman–Crippen LogP) is 0.901. The fraction of sp³-hybridized carbons (Fsp3) is 1.00. The number of hydrogen-bond acceptors (Lipinski definition) is 1. The molecule has 0 atom stereocenters. The normalized spacial score (nSPS) is 24.7. The fourth-order valence-corrected chi connectivity index (χ4v) is 1.23. The molecule has 53 valence electrons. The molecule has 1 aliphatic heterocycles. The van der Waals surface area contributed by atoms with Crippen LogP contribution in [-0.2, 0) is 5.11 Å². The Morgan fingerprint density at radius 3 is 2.44 bits per heavy atom. The maximum Gasteiger partial charge on any atom is 0.0954 e. The SMILES string of the molecule is CCN1CCC([O])CC1. The first-order chi connectivity index (χ1) is 4.33. The van der Waals surface area contributed by atoms with Crippen LogP contribution < -0.4 is 0 Å². The Morgan fingerprint density at radius 2 is 2.00 bits per heavy atom.